The van der Waals surface area contributed by atoms with Crippen molar-refractivity contribution in [2.75, 3.05) is 0 Å². The fourth-order valence-electron chi connectivity index (χ4n) is 3.39. The zero-order chi connectivity index (χ0) is 15.0. The number of hydrogen-bond acceptors (Lipinski definition) is 2. The molecular weight excluding hydrogens is 272 g/mol. The Labute approximate surface area is 134 Å². The smallest absolute Gasteiger partial charge is 0.0625 e. The zero-order valence-corrected chi connectivity index (χ0v) is 13.7. The second-order valence-electron chi connectivity index (χ2n) is 6.32. The molecule has 2 aliphatic heterocycles. The van der Waals surface area contributed by atoms with Crippen molar-refractivity contribution in [1.82, 2.24) is 19.6 Å². The summed E-state index contributed by atoms with van der Waals surface area (Å²) in [6, 6.07) is 0. The van der Waals surface area contributed by atoms with Gasteiger partial charge in [-0.05, 0) is 70.9 Å². The molecule has 0 unspecified atom stereocenters. The van der Waals surface area contributed by atoms with Gasteiger partial charge >= 0.3 is 0 Å². The average Bonchev–Trinajstić information content (AvgIpc) is 3.11. The molecule has 0 aliphatic carbocycles. The summed E-state index contributed by atoms with van der Waals surface area (Å²) in [6.45, 7) is 10.8. The Hall–Kier alpha value is -1.58. The molecule has 22 heavy (non-hydrogen) atoms. The highest BCUT2D eigenvalue weighted by molar-refractivity contribution is 5.25. The van der Waals surface area contributed by atoms with Crippen LogP contribution < -0.4 is 0 Å². The van der Waals surface area contributed by atoms with Crippen LogP contribution in [0.15, 0.2) is 0 Å². The summed E-state index contributed by atoms with van der Waals surface area (Å²) < 4.78 is 4.32. The molecule has 0 amide bonds. The Morgan fingerprint density at radius 2 is 1.14 bits per heavy atom. The van der Waals surface area contributed by atoms with Gasteiger partial charge in [0.2, 0.25) is 0 Å². The molecule has 0 saturated carbocycles. The molecular formula is C18H30N4. The van der Waals surface area contributed by atoms with Gasteiger partial charge in [0, 0.05) is 24.5 Å². The molecule has 2 aliphatic rings. The third-order valence-corrected chi connectivity index (χ3v) is 4.93. The van der Waals surface area contributed by atoms with Crippen molar-refractivity contribution < 1.29 is 0 Å². The van der Waals surface area contributed by atoms with E-state index in [0.29, 0.717) is 0 Å². The van der Waals surface area contributed by atoms with Crippen molar-refractivity contribution in [3.8, 4) is 0 Å². The van der Waals surface area contributed by atoms with Gasteiger partial charge in [-0.25, -0.2) is 0 Å². The van der Waals surface area contributed by atoms with Crippen LogP contribution in [0.25, 0.3) is 0 Å². The lowest BCUT2D eigenvalue weighted by atomic mass is 10.1. The Kier molecular flexibility index (Phi) is 5.09. The van der Waals surface area contributed by atoms with Crippen molar-refractivity contribution in [3.05, 3.63) is 33.9 Å². The second-order valence-corrected chi connectivity index (χ2v) is 6.32. The van der Waals surface area contributed by atoms with Gasteiger partial charge in [0.05, 0.1) is 11.4 Å². The van der Waals surface area contributed by atoms with Crippen molar-refractivity contribution in [2.45, 2.75) is 80.3 Å². The van der Waals surface area contributed by atoms with E-state index in [-0.39, 0.29) is 7.43 Å². The maximum absolute atomic E-state index is 4.47. The third kappa shape index (κ3) is 2.96. The summed E-state index contributed by atoms with van der Waals surface area (Å²) in [4.78, 5) is 0. The largest absolute Gasteiger partial charge is 0.269 e. The molecule has 2 aromatic rings. The number of fused-ring (bicyclic) bond motifs is 2. The average molecular weight is 302 g/mol. The third-order valence-electron chi connectivity index (χ3n) is 4.93. The van der Waals surface area contributed by atoms with E-state index in [2.05, 4.69) is 47.3 Å². The zero-order valence-electron chi connectivity index (χ0n) is 13.7. The number of aromatic nitrogens is 4. The van der Waals surface area contributed by atoms with Crippen LogP contribution in [0.3, 0.4) is 0 Å². The molecule has 0 atom stereocenters. The van der Waals surface area contributed by atoms with E-state index in [1.807, 2.05) is 0 Å². The maximum atomic E-state index is 4.47. The van der Waals surface area contributed by atoms with Crippen molar-refractivity contribution in [2.24, 2.45) is 0 Å². The molecule has 4 heteroatoms. The highest BCUT2D eigenvalue weighted by Crippen LogP contribution is 2.20. The van der Waals surface area contributed by atoms with Gasteiger partial charge in [0.1, 0.15) is 0 Å². The molecule has 122 valence electrons. The quantitative estimate of drug-likeness (QED) is 0.739. The first-order chi connectivity index (χ1) is 10.1. The summed E-state index contributed by atoms with van der Waals surface area (Å²) in [5.74, 6) is 0. The SMILES string of the molecule is C.Cc1nn2c(c1C)CCC2.Cc1nn2c(c1C)CCCC2. The summed E-state index contributed by atoms with van der Waals surface area (Å²) in [6.07, 6.45) is 6.38. The molecule has 0 aromatic carbocycles. The van der Waals surface area contributed by atoms with Crippen molar-refractivity contribution in [1.29, 1.82) is 0 Å². The van der Waals surface area contributed by atoms with Crippen LogP contribution in [0.5, 0.6) is 0 Å². The topological polar surface area (TPSA) is 35.6 Å². The fraction of sp³-hybridized carbons (Fsp3) is 0.667. The molecule has 0 saturated heterocycles. The Bertz CT molecular complexity index is 649. The minimum Gasteiger partial charge on any atom is -0.269 e. The molecule has 0 radical (unpaired) electrons. The first-order valence-corrected chi connectivity index (χ1v) is 8.13. The van der Waals surface area contributed by atoms with Crippen LogP contribution in [-0.4, -0.2) is 19.6 Å². The van der Waals surface area contributed by atoms with E-state index in [4.69, 9.17) is 0 Å². The molecule has 0 bridgehead atoms. The molecule has 4 nitrogen and oxygen atoms in total. The van der Waals surface area contributed by atoms with Gasteiger partial charge in [-0.15, -0.1) is 0 Å². The number of rotatable bonds is 0. The summed E-state index contributed by atoms with van der Waals surface area (Å²) in [5.41, 5.74) is 8.14. The Morgan fingerprint density at radius 3 is 1.64 bits per heavy atom. The maximum Gasteiger partial charge on any atom is 0.0625 e. The number of nitrogens with zero attached hydrogens (tertiary/aromatic N) is 4. The molecule has 0 N–H and O–H groups in total. The van der Waals surface area contributed by atoms with Gasteiger partial charge in [-0.3, -0.25) is 9.36 Å². The minimum atomic E-state index is 0. The molecule has 2 aromatic heterocycles. The fourth-order valence-corrected chi connectivity index (χ4v) is 3.39. The van der Waals surface area contributed by atoms with Crippen LogP contribution in [0.4, 0.5) is 0 Å². The van der Waals surface area contributed by atoms with E-state index < -0.39 is 0 Å². The van der Waals surface area contributed by atoms with Crippen LogP contribution in [0, 0.1) is 27.7 Å². The lowest BCUT2D eigenvalue weighted by Gasteiger charge is -2.13. The van der Waals surface area contributed by atoms with Crippen LogP contribution in [0.1, 0.15) is 60.6 Å². The second kappa shape index (κ2) is 6.67. The molecule has 4 heterocycles. The van der Waals surface area contributed by atoms with Crippen LogP contribution >= 0.6 is 0 Å². The Balaban J connectivity index is 0.000000154. The standard InChI is InChI=1S/C9H14N2.C8H12N2.CH4/c1-7-8(2)10-11-6-4-3-5-9(7)11;1-6-7(2)9-10-5-3-4-8(6)10;/h3-6H2,1-2H3;3-5H2,1-2H3;1H4. The van der Waals surface area contributed by atoms with Crippen molar-refractivity contribution >= 4 is 0 Å². The first-order valence-electron chi connectivity index (χ1n) is 8.13. The first kappa shape index (κ1) is 16.8. The van der Waals surface area contributed by atoms with Crippen molar-refractivity contribution in [3.63, 3.8) is 0 Å². The van der Waals surface area contributed by atoms with E-state index in [1.54, 1.807) is 0 Å². The lowest BCUT2D eigenvalue weighted by Crippen LogP contribution is -2.11. The minimum absolute atomic E-state index is 0. The number of hydrogen-bond donors (Lipinski definition) is 0. The summed E-state index contributed by atoms with van der Waals surface area (Å²) >= 11 is 0. The normalized spacial score (nSPS) is 15.5. The monoisotopic (exact) mass is 302 g/mol. The highest BCUT2D eigenvalue weighted by atomic mass is 15.3. The van der Waals surface area contributed by atoms with E-state index in [1.165, 1.54) is 66.0 Å². The predicted octanol–water partition coefficient (Wildman–Crippen LogP) is 3.92. The lowest BCUT2D eigenvalue weighted by molar-refractivity contribution is 0.483. The predicted molar refractivity (Wildman–Crippen MR) is 91.4 cm³/mol. The summed E-state index contributed by atoms with van der Waals surface area (Å²) in [7, 11) is 0. The van der Waals surface area contributed by atoms with Gasteiger partial charge in [-0.2, -0.15) is 10.2 Å². The van der Waals surface area contributed by atoms with Gasteiger partial charge in [-0.1, -0.05) is 7.43 Å². The molecule has 0 fully saturated rings. The highest BCUT2D eigenvalue weighted by Gasteiger charge is 2.15. The molecule has 0 spiro atoms. The molecule has 4 rings (SSSR count). The van der Waals surface area contributed by atoms with Crippen LogP contribution in [0.2, 0.25) is 0 Å². The van der Waals surface area contributed by atoms with Gasteiger partial charge < -0.3 is 0 Å². The van der Waals surface area contributed by atoms with E-state index in [0.717, 1.165) is 13.1 Å². The summed E-state index contributed by atoms with van der Waals surface area (Å²) in [5, 5.41) is 8.87. The van der Waals surface area contributed by atoms with E-state index in [9.17, 15) is 0 Å². The van der Waals surface area contributed by atoms with Crippen LogP contribution in [-0.2, 0) is 25.9 Å². The number of aryl methyl sites for hydroxylation is 4. The van der Waals surface area contributed by atoms with Gasteiger partial charge in [0.15, 0.2) is 0 Å². The Morgan fingerprint density at radius 1 is 0.682 bits per heavy atom. The van der Waals surface area contributed by atoms with Gasteiger partial charge in [0.25, 0.3) is 0 Å². The van der Waals surface area contributed by atoms with E-state index >= 15 is 0 Å².